The van der Waals surface area contributed by atoms with Gasteiger partial charge in [0.2, 0.25) is 0 Å². The maximum atomic E-state index is 8.12. The van der Waals surface area contributed by atoms with E-state index in [0.717, 1.165) is 55.8 Å². The van der Waals surface area contributed by atoms with Crippen LogP contribution in [0.15, 0.2) is 131 Å². The zero-order valence-corrected chi connectivity index (χ0v) is 20.7. The molecular weight excluding hydrogens is 488 g/mol. The van der Waals surface area contributed by atoms with Gasteiger partial charge in [-0.2, -0.15) is 10.2 Å². The number of fused-ring (bicyclic) bond motifs is 3. The first-order valence-electron chi connectivity index (χ1n) is 12.4. The van der Waals surface area contributed by atoms with Gasteiger partial charge < -0.3 is 19.6 Å². The Morgan fingerprint density at radius 3 is 2.67 bits per heavy atom. The van der Waals surface area contributed by atoms with Crippen LogP contribution >= 0.6 is 0 Å². The third-order valence-corrected chi connectivity index (χ3v) is 6.59. The maximum absolute atomic E-state index is 8.12. The second-order valence-corrected chi connectivity index (χ2v) is 9.00. The first kappa shape index (κ1) is 22.6. The summed E-state index contributed by atoms with van der Waals surface area (Å²) in [5.74, 6) is 0.826. The minimum Gasteiger partial charge on any atom is -0.472 e. The molecule has 0 aliphatic carbocycles. The molecular formula is C31H22N6O2. The van der Waals surface area contributed by atoms with E-state index in [1.807, 2.05) is 53.3 Å². The number of nitrogens with zero attached hydrogens (tertiary/aromatic N) is 4. The number of aromatic nitrogens is 4. The number of anilines is 1. The Kier molecular flexibility index (Phi) is 5.41. The number of hydrogen-bond acceptors (Lipinski definition) is 6. The SMILES string of the molecule is N=C(/C=C\Nc1cccc(-c2ccc3oc4c(-n5nccc5-n5cccn5)cccc4c3c2)c1)c1ccoc1. The van der Waals surface area contributed by atoms with Gasteiger partial charge in [0, 0.05) is 46.7 Å². The van der Waals surface area contributed by atoms with Crippen LogP contribution in [0.25, 0.3) is 44.6 Å². The molecule has 0 fully saturated rings. The predicted molar refractivity (Wildman–Crippen MR) is 152 cm³/mol. The minimum absolute atomic E-state index is 0.371. The molecule has 7 aromatic rings. The van der Waals surface area contributed by atoms with Crippen LogP contribution in [0.3, 0.4) is 0 Å². The number of benzene rings is 3. The van der Waals surface area contributed by atoms with Crippen molar-refractivity contribution in [1.82, 2.24) is 19.6 Å². The molecule has 0 amide bonds. The quantitative estimate of drug-likeness (QED) is 0.221. The molecule has 2 N–H and O–H groups in total. The lowest BCUT2D eigenvalue weighted by Gasteiger charge is -2.07. The maximum Gasteiger partial charge on any atom is 0.161 e. The summed E-state index contributed by atoms with van der Waals surface area (Å²) in [6.07, 6.45) is 12.0. The third-order valence-electron chi connectivity index (χ3n) is 6.59. The fourth-order valence-electron chi connectivity index (χ4n) is 4.71. The number of furan rings is 2. The Hall–Kier alpha value is -5.63. The van der Waals surface area contributed by atoms with Gasteiger partial charge in [-0.05, 0) is 59.7 Å². The largest absolute Gasteiger partial charge is 0.472 e. The second-order valence-electron chi connectivity index (χ2n) is 9.00. The summed E-state index contributed by atoms with van der Waals surface area (Å²) in [6, 6.07) is 26.1. The average Bonchev–Trinajstić information content (AvgIpc) is 3.79. The van der Waals surface area contributed by atoms with Crippen LogP contribution in [0, 0.1) is 5.41 Å². The summed E-state index contributed by atoms with van der Waals surface area (Å²) in [4.78, 5) is 0. The molecule has 8 heteroatoms. The van der Waals surface area contributed by atoms with Crippen LogP contribution in [0.1, 0.15) is 5.56 Å². The van der Waals surface area contributed by atoms with E-state index in [9.17, 15) is 0 Å². The Morgan fingerprint density at radius 2 is 1.79 bits per heavy atom. The Labute approximate surface area is 222 Å². The molecule has 39 heavy (non-hydrogen) atoms. The van der Waals surface area contributed by atoms with Gasteiger partial charge in [-0.1, -0.05) is 30.3 Å². The van der Waals surface area contributed by atoms with Crippen LogP contribution in [-0.2, 0) is 0 Å². The van der Waals surface area contributed by atoms with Crippen LogP contribution < -0.4 is 5.32 Å². The monoisotopic (exact) mass is 510 g/mol. The van der Waals surface area contributed by atoms with Crippen LogP contribution in [0.2, 0.25) is 0 Å². The highest BCUT2D eigenvalue weighted by Gasteiger charge is 2.16. The highest BCUT2D eigenvalue weighted by molar-refractivity contribution is 6.09. The van der Waals surface area contributed by atoms with Crippen molar-refractivity contribution in [3.63, 3.8) is 0 Å². The molecule has 0 unspecified atom stereocenters. The van der Waals surface area contributed by atoms with Crippen LogP contribution in [0.4, 0.5) is 5.69 Å². The molecule has 0 spiro atoms. The van der Waals surface area contributed by atoms with E-state index in [1.54, 1.807) is 47.9 Å². The van der Waals surface area contributed by atoms with Gasteiger partial charge in [0.1, 0.15) is 11.3 Å². The number of hydrogen-bond donors (Lipinski definition) is 2. The number of para-hydroxylation sites is 1. The molecule has 4 aromatic heterocycles. The van der Waals surface area contributed by atoms with E-state index < -0.39 is 0 Å². The molecule has 8 nitrogen and oxygen atoms in total. The van der Waals surface area contributed by atoms with Gasteiger partial charge in [0.05, 0.1) is 24.4 Å². The summed E-state index contributed by atoms with van der Waals surface area (Å²) in [5, 5.41) is 22.3. The van der Waals surface area contributed by atoms with Gasteiger partial charge in [0.25, 0.3) is 0 Å². The van der Waals surface area contributed by atoms with Crippen LogP contribution in [0.5, 0.6) is 0 Å². The lowest BCUT2D eigenvalue weighted by molar-refractivity contribution is 0.567. The molecule has 7 rings (SSSR count). The number of nitrogens with one attached hydrogen (secondary N) is 2. The smallest absolute Gasteiger partial charge is 0.161 e. The van der Waals surface area contributed by atoms with Crippen molar-refractivity contribution in [2.24, 2.45) is 0 Å². The third kappa shape index (κ3) is 4.10. The predicted octanol–water partition coefficient (Wildman–Crippen LogP) is 7.21. The zero-order chi connectivity index (χ0) is 26.2. The lowest BCUT2D eigenvalue weighted by Crippen LogP contribution is -2.05. The first-order valence-corrected chi connectivity index (χ1v) is 12.4. The van der Waals surface area contributed by atoms with E-state index in [1.165, 1.54) is 0 Å². The van der Waals surface area contributed by atoms with Crippen molar-refractivity contribution in [2.75, 3.05) is 5.32 Å². The standard InChI is InChI=1S/C31H22N6O2/c32-27(23-12-17-38-20-23)10-14-33-24-5-1-4-21(18-24)22-8-9-29-26(19-22)25-6-2-7-28(31(25)39-29)37-30(11-15-35-37)36-16-3-13-34-36/h1-20,32-33H/b14-10-,32-27?. The van der Waals surface area contributed by atoms with Crippen molar-refractivity contribution >= 4 is 33.3 Å². The Morgan fingerprint density at radius 1 is 0.872 bits per heavy atom. The molecule has 0 aliphatic heterocycles. The average molecular weight is 511 g/mol. The Balaban J connectivity index is 1.22. The van der Waals surface area contributed by atoms with E-state index in [0.29, 0.717) is 5.71 Å². The topological polar surface area (TPSA) is 97.8 Å². The summed E-state index contributed by atoms with van der Waals surface area (Å²) >= 11 is 0. The van der Waals surface area contributed by atoms with Gasteiger partial charge in [0.15, 0.2) is 11.4 Å². The molecule has 0 saturated heterocycles. The van der Waals surface area contributed by atoms with E-state index in [4.69, 9.17) is 14.2 Å². The highest BCUT2D eigenvalue weighted by Crippen LogP contribution is 2.36. The second kappa shape index (κ2) is 9.35. The molecule has 0 bridgehead atoms. The van der Waals surface area contributed by atoms with E-state index >= 15 is 0 Å². The van der Waals surface area contributed by atoms with Crippen molar-refractivity contribution in [3.8, 4) is 22.6 Å². The normalized spacial score (nSPS) is 11.6. The van der Waals surface area contributed by atoms with Crippen molar-refractivity contribution in [2.45, 2.75) is 0 Å². The molecule has 0 radical (unpaired) electrons. The van der Waals surface area contributed by atoms with Crippen LogP contribution in [-0.4, -0.2) is 25.3 Å². The number of allylic oxidation sites excluding steroid dienone is 1. The zero-order valence-electron chi connectivity index (χ0n) is 20.7. The summed E-state index contributed by atoms with van der Waals surface area (Å²) in [7, 11) is 0. The van der Waals surface area contributed by atoms with Crippen molar-refractivity contribution in [1.29, 1.82) is 5.41 Å². The lowest BCUT2D eigenvalue weighted by atomic mass is 10.0. The molecule has 0 atom stereocenters. The highest BCUT2D eigenvalue weighted by atomic mass is 16.3. The van der Waals surface area contributed by atoms with E-state index in [2.05, 4.69) is 45.8 Å². The van der Waals surface area contributed by atoms with Crippen molar-refractivity contribution in [3.05, 3.63) is 128 Å². The molecule has 188 valence electrons. The fourth-order valence-corrected chi connectivity index (χ4v) is 4.71. The molecule has 0 aliphatic rings. The van der Waals surface area contributed by atoms with Crippen molar-refractivity contribution < 1.29 is 8.83 Å². The van der Waals surface area contributed by atoms with Gasteiger partial charge in [-0.3, -0.25) is 0 Å². The molecule has 0 saturated carbocycles. The van der Waals surface area contributed by atoms with E-state index in [-0.39, 0.29) is 0 Å². The summed E-state index contributed by atoms with van der Waals surface area (Å²) in [5.41, 5.74) is 6.59. The molecule has 4 heterocycles. The van der Waals surface area contributed by atoms with Gasteiger partial charge in [-0.25, -0.2) is 9.36 Å². The molecule has 3 aromatic carbocycles. The summed E-state index contributed by atoms with van der Waals surface area (Å²) < 4.78 is 15.0. The Bertz CT molecular complexity index is 1960. The van der Waals surface area contributed by atoms with Gasteiger partial charge >= 0.3 is 0 Å². The minimum atomic E-state index is 0.371. The first-order chi connectivity index (χ1) is 19.2. The summed E-state index contributed by atoms with van der Waals surface area (Å²) in [6.45, 7) is 0. The number of rotatable bonds is 7. The fraction of sp³-hybridized carbons (Fsp3) is 0. The van der Waals surface area contributed by atoms with Gasteiger partial charge in [-0.15, -0.1) is 0 Å².